The average molecular weight is 799 g/mol. The number of halogens is 6. The van der Waals surface area contributed by atoms with Gasteiger partial charge < -0.3 is 14.5 Å². The summed E-state index contributed by atoms with van der Waals surface area (Å²) in [4.78, 5) is 4.61. The second-order valence-corrected chi connectivity index (χ2v) is 12.9. The first-order chi connectivity index (χ1) is 28.5. The molecule has 0 bridgehead atoms. The van der Waals surface area contributed by atoms with Crippen molar-refractivity contribution in [3.05, 3.63) is 236 Å². The molecule has 0 radical (unpaired) electrons. The van der Waals surface area contributed by atoms with E-state index >= 15 is 0 Å². The molecule has 7 aromatic carbocycles. The van der Waals surface area contributed by atoms with Crippen LogP contribution < -0.4 is 9.80 Å². The summed E-state index contributed by atoms with van der Waals surface area (Å²) in [5.74, 6) is 0. The molecule has 0 N–H and O–H groups in total. The third-order valence-corrected chi connectivity index (χ3v) is 8.64. The number of hydrogen-bond acceptors (Lipinski definition) is 3. The summed E-state index contributed by atoms with van der Waals surface area (Å²) in [5, 5.41) is 0. The van der Waals surface area contributed by atoms with Gasteiger partial charge >= 0.3 is 24.2 Å². The predicted molar refractivity (Wildman–Crippen MR) is 229 cm³/mol. The largest absolute Gasteiger partial charge is 0.396 e. The highest BCUT2D eigenvalue weighted by Crippen LogP contribution is 2.38. The molecule has 0 atom stereocenters. The van der Waals surface area contributed by atoms with Gasteiger partial charge in [0, 0.05) is 34.1 Å². The van der Waals surface area contributed by atoms with E-state index in [1.54, 1.807) is 0 Å². The Morgan fingerprint density at radius 3 is 1.03 bits per heavy atom. The van der Waals surface area contributed by atoms with Crippen molar-refractivity contribution in [2.24, 2.45) is 0 Å². The Labute approximate surface area is 340 Å². The van der Waals surface area contributed by atoms with Gasteiger partial charge in [-0.2, -0.15) is 26.3 Å². The SMILES string of the molecule is C=Cc1ccccc1.Cc1cccc(N(c2ccccc2)c2ccc(-c3ccc(N(c4ccccc4)c4cccc(C)c4)cc3)cc2)c1.FC(F)=C(F)OC(F)=C(F)F. The molecule has 0 saturated carbocycles. The third-order valence-electron chi connectivity index (χ3n) is 8.64. The van der Waals surface area contributed by atoms with E-state index in [0.717, 1.165) is 34.1 Å². The van der Waals surface area contributed by atoms with Crippen molar-refractivity contribution in [3.63, 3.8) is 0 Å². The van der Waals surface area contributed by atoms with Crippen LogP contribution in [0.1, 0.15) is 16.7 Å². The average Bonchev–Trinajstić information content (AvgIpc) is 3.26. The van der Waals surface area contributed by atoms with E-state index in [0.29, 0.717) is 0 Å². The smallest absolute Gasteiger partial charge is 0.346 e. The number of hydrogen-bond donors (Lipinski definition) is 0. The van der Waals surface area contributed by atoms with E-state index in [9.17, 15) is 26.3 Å². The molecule has 0 aliphatic carbocycles. The van der Waals surface area contributed by atoms with Crippen molar-refractivity contribution < 1.29 is 31.1 Å². The van der Waals surface area contributed by atoms with Crippen LogP contribution in [0.4, 0.5) is 60.5 Å². The van der Waals surface area contributed by atoms with Gasteiger partial charge in [-0.25, -0.2) is 0 Å². The first kappa shape index (κ1) is 42.9. The molecule has 0 heterocycles. The van der Waals surface area contributed by atoms with Gasteiger partial charge in [0.15, 0.2) is 0 Å². The Balaban J connectivity index is 0.000000287. The van der Waals surface area contributed by atoms with Crippen molar-refractivity contribution in [1.82, 2.24) is 0 Å². The van der Waals surface area contributed by atoms with Gasteiger partial charge in [0.05, 0.1) is 0 Å². The van der Waals surface area contributed by atoms with Crippen LogP contribution in [0.15, 0.2) is 219 Å². The lowest BCUT2D eigenvalue weighted by molar-refractivity contribution is 0.109. The molecule has 0 saturated heterocycles. The van der Waals surface area contributed by atoms with Gasteiger partial charge in [-0.05, 0) is 114 Å². The zero-order valence-electron chi connectivity index (χ0n) is 32.3. The van der Waals surface area contributed by atoms with Gasteiger partial charge in [0.1, 0.15) is 0 Å². The van der Waals surface area contributed by atoms with Gasteiger partial charge in [0.25, 0.3) is 0 Å². The predicted octanol–water partition coefficient (Wildman–Crippen LogP) is 16.3. The molecule has 0 spiro atoms. The van der Waals surface area contributed by atoms with Crippen LogP contribution in [0, 0.1) is 13.8 Å². The van der Waals surface area contributed by atoms with E-state index in [-0.39, 0.29) is 0 Å². The van der Waals surface area contributed by atoms with E-state index in [2.05, 4.69) is 193 Å². The maximum Gasteiger partial charge on any atom is 0.346 e. The van der Waals surface area contributed by atoms with Crippen LogP contribution in [0.3, 0.4) is 0 Å². The standard InChI is InChI=1S/C38H32N2.C8H8.C4F6O/c1-29-11-9-17-37(27-29)39(33-13-5-3-6-14-33)35-23-19-31(20-24-35)32-21-25-36(26-22-32)40(34-15-7-4-8-16-34)38-18-10-12-30(2)28-38;1-2-8-6-4-3-5-7-8;5-1(6)3(9)11-4(10)2(7)8/h3-28H,1-2H3;2-7H,1H2;. The van der Waals surface area contributed by atoms with Crippen molar-refractivity contribution in [2.45, 2.75) is 13.8 Å². The molecule has 0 aromatic heterocycles. The number of anilines is 6. The molecule has 0 amide bonds. The van der Waals surface area contributed by atoms with Gasteiger partial charge in [-0.3, -0.25) is 0 Å². The fraction of sp³-hybridized carbons (Fsp3) is 0.0400. The molecule has 0 fully saturated rings. The summed E-state index contributed by atoms with van der Waals surface area (Å²) >= 11 is 0. The minimum atomic E-state index is -3.01. The highest BCUT2D eigenvalue weighted by molar-refractivity contribution is 5.81. The topological polar surface area (TPSA) is 15.7 Å². The Bertz CT molecular complexity index is 2300. The number of nitrogens with zero attached hydrogens (tertiary/aromatic N) is 2. The van der Waals surface area contributed by atoms with Gasteiger partial charge in [-0.15, -0.1) is 0 Å². The molecule has 59 heavy (non-hydrogen) atoms. The molecule has 0 aliphatic rings. The molecule has 0 unspecified atom stereocenters. The molecule has 7 aromatic rings. The Kier molecular flexibility index (Phi) is 15.5. The Morgan fingerprint density at radius 2 is 0.729 bits per heavy atom. The first-order valence-corrected chi connectivity index (χ1v) is 18.3. The van der Waals surface area contributed by atoms with Crippen LogP contribution in [0.25, 0.3) is 17.2 Å². The highest BCUT2D eigenvalue weighted by atomic mass is 19.3. The van der Waals surface area contributed by atoms with Crippen molar-refractivity contribution in [2.75, 3.05) is 9.80 Å². The molecule has 3 nitrogen and oxygen atoms in total. The van der Waals surface area contributed by atoms with Crippen LogP contribution in [0.2, 0.25) is 0 Å². The minimum absolute atomic E-state index is 1.13. The maximum atomic E-state index is 11.4. The summed E-state index contributed by atoms with van der Waals surface area (Å²) in [6, 6.07) is 60.7. The summed E-state index contributed by atoms with van der Waals surface area (Å²) in [7, 11) is 0. The number of aryl methyl sites for hydroxylation is 2. The van der Waals surface area contributed by atoms with E-state index in [1.165, 1.54) is 27.8 Å². The summed E-state index contributed by atoms with van der Waals surface area (Å²) in [6.45, 7) is 7.90. The summed E-state index contributed by atoms with van der Waals surface area (Å²) in [5.41, 5.74) is 12.9. The minimum Gasteiger partial charge on any atom is -0.396 e. The molecule has 298 valence electrons. The van der Waals surface area contributed by atoms with Crippen molar-refractivity contribution >= 4 is 40.2 Å². The van der Waals surface area contributed by atoms with Crippen LogP contribution >= 0.6 is 0 Å². The summed E-state index contributed by atoms with van der Waals surface area (Å²) < 4.78 is 69.6. The summed E-state index contributed by atoms with van der Waals surface area (Å²) in [6.07, 6.45) is -4.19. The fourth-order valence-corrected chi connectivity index (χ4v) is 5.93. The number of para-hydroxylation sites is 2. The number of ether oxygens (including phenoxy) is 1. The first-order valence-electron chi connectivity index (χ1n) is 18.3. The second kappa shape index (κ2) is 21.3. The molecule has 9 heteroatoms. The monoisotopic (exact) mass is 798 g/mol. The molecular formula is C50H40F6N2O. The highest BCUT2D eigenvalue weighted by Gasteiger charge is 2.16. The number of benzene rings is 7. The molecular weight excluding hydrogens is 759 g/mol. The van der Waals surface area contributed by atoms with Crippen LogP contribution in [-0.2, 0) is 4.74 Å². The maximum absolute atomic E-state index is 11.4. The fourth-order valence-electron chi connectivity index (χ4n) is 5.93. The van der Waals surface area contributed by atoms with Crippen molar-refractivity contribution in [3.8, 4) is 11.1 Å². The normalized spacial score (nSPS) is 10.1. The quantitative estimate of drug-likeness (QED) is 0.101. The van der Waals surface area contributed by atoms with Gasteiger partial charge in [0.2, 0.25) is 0 Å². The second-order valence-electron chi connectivity index (χ2n) is 12.9. The van der Waals surface area contributed by atoms with Crippen LogP contribution in [0.5, 0.6) is 0 Å². The lowest BCUT2D eigenvalue weighted by Gasteiger charge is -2.26. The van der Waals surface area contributed by atoms with Crippen LogP contribution in [-0.4, -0.2) is 0 Å². The van der Waals surface area contributed by atoms with Crippen molar-refractivity contribution in [1.29, 1.82) is 0 Å². The zero-order chi connectivity index (χ0) is 42.1. The van der Waals surface area contributed by atoms with E-state index < -0.39 is 24.2 Å². The lowest BCUT2D eigenvalue weighted by Crippen LogP contribution is -2.10. The Hall–Kier alpha value is -7.26. The lowest BCUT2D eigenvalue weighted by atomic mass is 10.0. The number of rotatable bonds is 10. The third kappa shape index (κ3) is 12.4. The molecule has 0 aliphatic heterocycles. The van der Waals surface area contributed by atoms with Gasteiger partial charge in [-0.1, -0.05) is 128 Å². The van der Waals surface area contributed by atoms with E-state index in [1.807, 2.05) is 36.4 Å². The zero-order valence-corrected chi connectivity index (χ0v) is 32.3. The Morgan fingerprint density at radius 1 is 0.407 bits per heavy atom. The van der Waals surface area contributed by atoms with E-state index in [4.69, 9.17) is 0 Å². The molecule has 7 rings (SSSR count).